The van der Waals surface area contributed by atoms with Crippen molar-refractivity contribution in [3.63, 3.8) is 0 Å². The Labute approximate surface area is 168 Å². The van der Waals surface area contributed by atoms with Gasteiger partial charge in [-0.3, -0.25) is 10.1 Å². The maximum atomic E-state index is 13.0. The number of carbonyl (C=O) groups is 1. The van der Waals surface area contributed by atoms with Gasteiger partial charge in [0.1, 0.15) is 0 Å². The Morgan fingerprint density at radius 3 is 2.10 bits per heavy atom. The lowest BCUT2D eigenvalue weighted by atomic mass is 9.98. The van der Waals surface area contributed by atoms with E-state index in [0.29, 0.717) is 12.1 Å². The fourth-order valence-corrected chi connectivity index (χ4v) is 3.24. The van der Waals surface area contributed by atoms with Crippen LogP contribution in [0.2, 0.25) is 0 Å². The molecule has 2 N–H and O–H groups in total. The molecule has 30 heavy (non-hydrogen) atoms. The standard InChI is InChI=1S/C20H18F6N2O2/c21-19(22,23)14-6-12(7-15(8-14)20(24,25)26)10-30-11-16-18(27-9-17(29)28-16)13-4-2-1-3-5-13/h1-8,16,18,27H,9-11H2,(H,28,29)/t16-,18+/m1/s1. The van der Waals surface area contributed by atoms with Crippen LogP contribution in [-0.2, 0) is 28.5 Å². The molecule has 10 heteroatoms. The van der Waals surface area contributed by atoms with Crippen LogP contribution in [0.1, 0.15) is 28.3 Å². The third-order valence-electron chi connectivity index (χ3n) is 4.60. The van der Waals surface area contributed by atoms with Crippen molar-refractivity contribution in [2.75, 3.05) is 13.2 Å². The van der Waals surface area contributed by atoms with E-state index >= 15 is 0 Å². The zero-order chi connectivity index (χ0) is 21.9. The molecule has 1 heterocycles. The summed E-state index contributed by atoms with van der Waals surface area (Å²) in [5.74, 6) is -0.283. The molecule has 1 fully saturated rings. The predicted molar refractivity (Wildman–Crippen MR) is 95.2 cm³/mol. The molecule has 0 spiro atoms. The second kappa shape index (κ2) is 8.65. The molecular formula is C20H18F6N2O2. The van der Waals surface area contributed by atoms with Gasteiger partial charge in [0.05, 0.1) is 43.0 Å². The normalized spacial score (nSPS) is 20.1. The minimum atomic E-state index is -4.92. The van der Waals surface area contributed by atoms with E-state index in [1.165, 1.54) is 0 Å². The topological polar surface area (TPSA) is 50.4 Å². The summed E-state index contributed by atoms with van der Waals surface area (Å²) in [6.07, 6.45) is -9.84. The van der Waals surface area contributed by atoms with Gasteiger partial charge in [0, 0.05) is 0 Å². The van der Waals surface area contributed by atoms with Crippen molar-refractivity contribution in [2.24, 2.45) is 0 Å². The molecular weight excluding hydrogens is 414 g/mol. The van der Waals surface area contributed by atoms with Crippen molar-refractivity contribution in [2.45, 2.75) is 31.0 Å². The molecule has 4 nitrogen and oxygen atoms in total. The van der Waals surface area contributed by atoms with Crippen LogP contribution in [0.4, 0.5) is 26.3 Å². The number of carbonyl (C=O) groups excluding carboxylic acids is 1. The summed E-state index contributed by atoms with van der Waals surface area (Å²) in [7, 11) is 0. The van der Waals surface area contributed by atoms with Crippen LogP contribution in [0.3, 0.4) is 0 Å². The number of nitrogens with one attached hydrogen (secondary N) is 2. The van der Waals surface area contributed by atoms with Crippen LogP contribution < -0.4 is 10.6 Å². The first-order valence-electron chi connectivity index (χ1n) is 8.98. The largest absolute Gasteiger partial charge is 0.416 e. The summed E-state index contributed by atoms with van der Waals surface area (Å²) in [6, 6.07) is 9.60. The molecule has 1 aliphatic rings. The van der Waals surface area contributed by atoms with E-state index in [1.54, 1.807) is 0 Å². The van der Waals surface area contributed by atoms with Crippen LogP contribution >= 0.6 is 0 Å². The zero-order valence-corrected chi connectivity index (χ0v) is 15.5. The van der Waals surface area contributed by atoms with Crippen LogP contribution in [0.5, 0.6) is 0 Å². The Morgan fingerprint density at radius 2 is 1.53 bits per heavy atom. The average molecular weight is 432 g/mol. The molecule has 1 saturated heterocycles. The number of ether oxygens (including phenoxy) is 1. The number of piperazine rings is 1. The van der Waals surface area contributed by atoms with Gasteiger partial charge in [-0.2, -0.15) is 26.3 Å². The Balaban J connectivity index is 1.73. The average Bonchev–Trinajstić information content (AvgIpc) is 2.67. The van der Waals surface area contributed by atoms with E-state index in [-0.39, 0.29) is 36.7 Å². The van der Waals surface area contributed by atoms with Gasteiger partial charge < -0.3 is 10.1 Å². The molecule has 2 atom stereocenters. The first-order chi connectivity index (χ1) is 14.0. The highest BCUT2D eigenvalue weighted by molar-refractivity contribution is 5.79. The first kappa shape index (κ1) is 22.1. The lowest BCUT2D eigenvalue weighted by molar-refractivity contribution is -0.143. The van der Waals surface area contributed by atoms with Crippen molar-refractivity contribution in [3.05, 3.63) is 70.8 Å². The van der Waals surface area contributed by atoms with Gasteiger partial charge in [-0.05, 0) is 29.3 Å². The van der Waals surface area contributed by atoms with Crippen molar-refractivity contribution >= 4 is 5.91 Å². The smallest absolute Gasteiger partial charge is 0.375 e. The second-order valence-electron chi connectivity index (χ2n) is 6.87. The number of hydrogen-bond donors (Lipinski definition) is 2. The van der Waals surface area contributed by atoms with E-state index < -0.39 is 36.1 Å². The third kappa shape index (κ3) is 5.51. The van der Waals surface area contributed by atoms with Gasteiger partial charge in [-0.1, -0.05) is 30.3 Å². The number of alkyl halides is 6. The van der Waals surface area contributed by atoms with Crippen molar-refractivity contribution < 1.29 is 35.9 Å². The summed E-state index contributed by atoms with van der Waals surface area (Å²) in [5.41, 5.74) is -2.19. The van der Waals surface area contributed by atoms with Crippen molar-refractivity contribution in [1.82, 2.24) is 10.6 Å². The van der Waals surface area contributed by atoms with E-state index in [1.807, 2.05) is 30.3 Å². The lowest BCUT2D eigenvalue weighted by Crippen LogP contribution is -2.55. The SMILES string of the molecule is O=C1CN[C@@H](c2ccccc2)[C@@H](COCc2cc(C(F)(F)F)cc(C(F)(F)F)c2)N1. The molecule has 1 amide bonds. The van der Waals surface area contributed by atoms with Crippen LogP contribution in [0.15, 0.2) is 48.5 Å². The minimum Gasteiger partial charge on any atom is -0.375 e. The molecule has 0 aliphatic carbocycles. The highest BCUT2D eigenvalue weighted by Gasteiger charge is 2.37. The molecule has 0 radical (unpaired) electrons. The number of halogens is 6. The van der Waals surface area contributed by atoms with Gasteiger partial charge in [-0.15, -0.1) is 0 Å². The fourth-order valence-electron chi connectivity index (χ4n) is 3.24. The molecule has 2 aromatic rings. The molecule has 0 unspecified atom stereocenters. The number of amides is 1. The monoisotopic (exact) mass is 432 g/mol. The Bertz CT molecular complexity index is 851. The molecule has 0 aromatic heterocycles. The Morgan fingerprint density at radius 1 is 0.933 bits per heavy atom. The summed E-state index contributed by atoms with van der Waals surface area (Å²) >= 11 is 0. The summed E-state index contributed by atoms with van der Waals surface area (Å²) in [4.78, 5) is 11.7. The zero-order valence-electron chi connectivity index (χ0n) is 15.5. The quantitative estimate of drug-likeness (QED) is 0.701. The first-order valence-corrected chi connectivity index (χ1v) is 8.98. The Kier molecular flexibility index (Phi) is 6.37. The molecule has 3 rings (SSSR count). The predicted octanol–water partition coefficient (Wildman–Crippen LogP) is 4.07. The number of rotatable bonds is 5. The number of benzene rings is 2. The van der Waals surface area contributed by atoms with Crippen LogP contribution in [-0.4, -0.2) is 25.1 Å². The molecule has 162 valence electrons. The molecule has 2 aromatic carbocycles. The minimum absolute atomic E-state index is 0.0697. The van der Waals surface area contributed by atoms with E-state index in [9.17, 15) is 31.1 Å². The summed E-state index contributed by atoms with van der Waals surface area (Å²) in [5, 5.41) is 5.79. The lowest BCUT2D eigenvalue weighted by Gasteiger charge is -2.33. The number of hydrogen-bond acceptors (Lipinski definition) is 3. The fraction of sp³-hybridized carbons (Fsp3) is 0.350. The van der Waals surface area contributed by atoms with Gasteiger partial charge in [0.25, 0.3) is 0 Å². The Hall–Kier alpha value is -2.59. The van der Waals surface area contributed by atoms with Gasteiger partial charge >= 0.3 is 12.4 Å². The molecule has 1 aliphatic heterocycles. The summed E-state index contributed by atoms with van der Waals surface area (Å²) in [6.45, 7) is -0.491. The van der Waals surface area contributed by atoms with Crippen LogP contribution in [0.25, 0.3) is 0 Å². The van der Waals surface area contributed by atoms with E-state index in [4.69, 9.17) is 4.74 Å². The van der Waals surface area contributed by atoms with Crippen LogP contribution in [0, 0.1) is 0 Å². The van der Waals surface area contributed by atoms with Crippen molar-refractivity contribution in [3.8, 4) is 0 Å². The second-order valence-corrected chi connectivity index (χ2v) is 6.87. The maximum absolute atomic E-state index is 13.0. The molecule has 0 bridgehead atoms. The molecule has 0 saturated carbocycles. The van der Waals surface area contributed by atoms with E-state index in [2.05, 4.69) is 10.6 Å². The maximum Gasteiger partial charge on any atom is 0.416 e. The highest BCUT2D eigenvalue weighted by Crippen LogP contribution is 2.36. The van der Waals surface area contributed by atoms with Gasteiger partial charge in [-0.25, -0.2) is 0 Å². The van der Waals surface area contributed by atoms with Gasteiger partial charge in [0.15, 0.2) is 0 Å². The van der Waals surface area contributed by atoms with E-state index in [0.717, 1.165) is 5.56 Å². The summed E-state index contributed by atoms with van der Waals surface area (Å²) < 4.78 is 83.2. The third-order valence-corrected chi connectivity index (χ3v) is 4.60. The van der Waals surface area contributed by atoms with Crippen molar-refractivity contribution in [1.29, 1.82) is 0 Å². The van der Waals surface area contributed by atoms with Gasteiger partial charge in [0.2, 0.25) is 5.91 Å². The highest BCUT2D eigenvalue weighted by atomic mass is 19.4.